The molecule has 0 saturated carbocycles. The fourth-order valence-corrected chi connectivity index (χ4v) is 1.59. The van der Waals surface area contributed by atoms with E-state index in [1.807, 2.05) is 31.2 Å². The summed E-state index contributed by atoms with van der Waals surface area (Å²) in [5.41, 5.74) is 1.22. The van der Waals surface area contributed by atoms with Gasteiger partial charge in [-0.05, 0) is 37.0 Å². The minimum Gasteiger partial charge on any atom is -0.479 e. The van der Waals surface area contributed by atoms with Crippen LogP contribution >= 0.6 is 0 Å². The zero-order valence-electron chi connectivity index (χ0n) is 10.5. The molecule has 1 rings (SSSR count). The van der Waals surface area contributed by atoms with E-state index in [-0.39, 0.29) is 0 Å². The summed E-state index contributed by atoms with van der Waals surface area (Å²) < 4.78 is 5.48. The van der Waals surface area contributed by atoms with Crippen molar-refractivity contribution in [1.82, 2.24) is 0 Å². The number of hydrogen-bond acceptors (Lipinski definition) is 2. The Kier molecular flexibility index (Phi) is 5.53. The maximum atomic E-state index is 11.0. The van der Waals surface area contributed by atoms with Gasteiger partial charge >= 0.3 is 5.97 Å². The van der Waals surface area contributed by atoms with E-state index in [0.717, 1.165) is 19.3 Å². The van der Waals surface area contributed by atoms with Crippen molar-refractivity contribution in [2.75, 3.05) is 0 Å². The first-order chi connectivity index (χ1) is 8.17. The van der Waals surface area contributed by atoms with Crippen LogP contribution in [-0.4, -0.2) is 17.2 Å². The van der Waals surface area contributed by atoms with E-state index in [2.05, 4.69) is 6.92 Å². The van der Waals surface area contributed by atoms with Gasteiger partial charge in [0.25, 0.3) is 0 Å². The Morgan fingerprint density at radius 1 is 1.29 bits per heavy atom. The van der Waals surface area contributed by atoms with Gasteiger partial charge in [0.2, 0.25) is 0 Å². The maximum Gasteiger partial charge on any atom is 0.344 e. The monoisotopic (exact) mass is 236 g/mol. The first-order valence-corrected chi connectivity index (χ1v) is 6.15. The molecule has 0 aliphatic carbocycles. The molecule has 1 atom stereocenters. The largest absolute Gasteiger partial charge is 0.479 e. The van der Waals surface area contributed by atoms with Crippen LogP contribution in [-0.2, 0) is 11.2 Å². The molecule has 0 aliphatic rings. The molecule has 1 aromatic carbocycles. The van der Waals surface area contributed by atoms with E-state index >= 15 is 0 Å². The van der Waals surface area contributed by atoms with Gasteiger partial charge in [0.1, 0.15) is 5.75 Å². The number of benzene rings is 1. The SMILES string of the molecule is CCCCC(Oc1ccc(CC)cc1)C(=O)O. The van der Waals surface area contributed by atoms with Gasteiger partial charge < -0.3 is 9.84 Å². The van der Waals surface area contributed by atoms with Gasteiger partial charge in [0, 0.05) is 0 Å². The molecule has 0 saturated heterocycles. The highest BCUT2D eigenvalue weighted by Crippen LogP contribution is 2.16. The number of rotatable bonds is 7. The third-order valence-electron chi connectivity index (χ3n) is 2.71. The zero-order valence-corrected chi connectivity index (χ0v) is 10.5. The molecule has 3 nitrogen and oxygen atoms in total. The van der Waals surface area contributed by atoms with Crippen LogP contribution < -0.4 is 4.74 Å². The van der Waals surface area contributed by atoms with Gasteiger partial charge in [-0.3, -0.25) is 0 Å². The molecule has 0 fully saturated rings. The molecule has 0 aliphatic heterocycles. The highest BCUT2D eigenvalue weighted by Gasteiger charge is 2.18. The topological polar surface area (TPSA) is 46.5 Å². The average Bonchev–Trinajstić information content (AvgIpc) is 2.35. The van der Waals surface area contributed by atoms with E-state index in [0.29, 0.717) is 12.2 Å². The maximum absolute atomic E-state index is 11.0. The third-order valence-corrected chi connectivity index (χ3v) is 2.71. The van der Waals surface area contributed by atoms with Crippen molar-refractivity contribution in [3.05, 3.63) is 29.8 Å². The lowest BCUT2D eigenvalue weighted by atomic mass is 10.1. The molecule has 0 heterocycles. The summed E-state index contributed by atoms with van der Waals surface area (Å²) in [5, 5.41) is 9.04. The first kappa shape index (κ1) is 13.6. The Hall–Kier alpha value is -1.51. The number of carboxylic acids is 1. The van der Waals surface area contributed by atoms with Crippen LogP contribution in [0, 0.1) is 0 Å². The molecular formula is C14H20O3. The summed E-state index contributed by atoms with van der Waals surface area (Å²) in [6.45, 7) is 4.12. The fourth-order valence-electron chi connectivity index (χ4n) is 1.59. The van der Waals surface area contributed by atoms with Crippen molar-refractivity contribution in [3.63, 3.8) is 0 Å². The second-order valence-electron chi connectivity index (χ2n) is 4.08. The van der Waals surface area contributed by atoms with E-state index in [1.54, 1.807) is 0 Å². The number of aryl methyl sites for hydroxylation is 1. The van der Waals surface area contributed by atoms with Gasteiger partial charge in [-0.1, -0.05) is 32.4 Å². The Bertz CT molecular complexity index is 343. The van der Waals surface area contributed by atoms with Crippen molar-refractivity contribution in [3.8, 4) is 5.75 Å². The molecule has 0 spiro atoms. The Labute approximate surface area is 102 Å². The predicted molar refractivity (Wildman–Crippen MR) is 67.4 cm³/mol. The van der Waals surface area contributed by atoms with E-state index in [9.17, 15) is 4.79 Å². The standard InChI is InChI=1S/C14H20O3/c1-3-5-6-13(14(15)16)17-12-9-7-11(4-2)8-10-12/h7-10,13H,3-6H2,1-2H3,(H,15,16). The summed E-state index contributed by atoms with van der Waals surface area (Å²) >= 11 is 0. The third kappa shape index (κ3) is 4.47. The highest BCUT2D eigenvalue weighted by molar-refractivity contribution is 5.72. The molecule has 0 amide bonds. The molecule has 3 heteroatoms. The van der Waals surface area contributed by atoms with Crippen LogP contribution in [0.5, 0.6) is 5.75 Å². The van der Waals surface area contributed by atoms with Crippen molar-refractivity contribution in [2.45, 2.75) is 45.6 Å². The lowest BCUT2D eigenvalue weighted by Gasteiger charge is -2.14. The fraction of sp³-hybridized carbons (Fsp3) is 0.500. The summed E-state index contributed by atoms with van der Waals surface area (Å²) in [4.78, 5) is 11.0. The number of carboxylic acid groups (broad SMARTS) is 1. The van der Waals surface area contributed by atoms with E-state index in [1.165, 1.54) is 5.56 Å². The second-order valence-corrected chi connectivity index (χ2v) is 4.08. The van der Waals surface area contributed by atoms with Crippen molar-refractivity contribution < 1.29 is 14.6 Å². The Morgan fingerprint density at radius 2 is 1.94 bits per heavy atom. The molecule has 1 N–H and O–H groups in total. The summed E-state index contributed by atoms with van der Waals surface area (Å²) in [5.74, 6) is -0.260. The van der Waals surface area contributed by atoms with Gasteiger partial charge in [-0.15, -0.1) is 0 Å². The minimum atomic E-state index is -0.891. The quantitative estimate of drug-likeness (QED) is 0.790. The van der Waals surface area contributed by atoms with Crippen LogP contribution in [0.25, 0.3) is 0 Å². The Balaban J connectivity index is 2.61. The number of carbonyl (C=O) groups is 1. The smallest absolute Gasteiger partial charge is 0.344 e. The molecule has 94 valence electrons. The molecule has 17 heavy (non-hydrogen) atoms. The number of aliphatic carboxylic acids is 1. The minimum absolute atomic E-state index is 0.557. The summed E-state index contributed by atoms with van der Waals surface area (Å²) in [7, 11) is 0. The molecule has 1 unspecified atom stereocenters. The Morgan fingerprint density at radius 3 is 2.41 bits per heavy atom. The number of ether oxygens (including phenoxy) is 1. The number of hydrogen-bond donors (Lipinski definition) is 1. The van der Waals surface area contributed by atoms with Crippen molar-refractivity contribution >= 4 is 5.97 Å². The normalized spacial score (nSPS) is 12.1. The number of unbranched alkanes of at least 4 members (excludes halogenated alkanes) is 1. The van der Waals surface area contributed by atoms with Crippen molar-refractivity contribution in [1.29, 1.82) is 0 Å². The van der Waals surface area contributed by atoms with Gasteiger partial charge in [0.05, 0.1) is 0 Å². The summed E-state index contributed by atoms with van der Waals surface area (Å²) in [6.07, 6.45) is 2.63. The van der Waals surface area contributed by atoms with Gasteiger partial charge in [0.15, 0.2) is 6.10 Å². The molecule has 0 aromatic heterocycles. The zero-order chi connectivity index (χ0) is 12.7. The summed E-state index contributed by atoms with van der Waals surface area (Å²) in [6, 6.07) is 7.60. The molecular weight excluding hydrogens is 216 g/mol. The van der Waals surface area contributed by atoms with E-state index < -0.39 is 12.1 Å². The lowest BCUT2D eigenvalue weighted by molar-refractivity contribution is -0.145. The molecule has 0 radical (unpaired) electrons. The van der Waals surface area contributed by atoms with Gasteiger partial charge in [-0.25, -0.2) is 4.79 Å². The highest BCUT2D eigenvalue weighted by atomic mass is 16.5. The average molecular weight is 236 g/mol. The molecule has 1 aromatic rings. The van der Waals surface area contributed by atoms with E-state index in [4.69, 9.17) is 9.84 Å². The van der Waals surface area contributed by atoms with Crippen molar-refractivity contribution in [2.24, 2.45) is 0 Å². The van der Waals surface area contributed by atoms with Crippen LogP contribution in [0.15, 0.2) is 24.3 Å². The molecule has 0 bridgehead atoms. The first-order valence-electron chi connectivity index (χ1n) is 6.15. The van der Waals surface area contributed by atoms with Crippen LogP contribution in [0.4, 0.5) is 0 Å². The lowest BCUT2D eigenvalue weighted by Crippen LogP contribution is -2.26. The van der Waals surface area contributed by atoms with Crippen LogP contribution in [0.2, 0.25) is 0 Å². The predicted octanol–water partition coefficient (Wildman–Crippen LogP) is 3.27. The second kappa shape index (κ2) is 6.94. The van der Waals surface area contributed by atoms with Gasteiger partial charge in [-0.2, -0.15) is 0 Å². The van der Waals surface area contributed by atoms with Crippen LogP contribution in [0.3, 0.4) is 0 Å². The van der Waals surface area contributed by atoms with Crippen LogP contribution in [0.1, 0.15) is 38.7 Å².